The van der Waals surface area contributed by atoms with Crippen LogP contribution in [0.5, 0.6) is 5.75 Å². The van der Waals surface area contributed by atoms with Gasteiger partial charge in [-0.3, -0.25) is 14.9 Å². The van der Waals surface area contributed by atoms with Crippen molar-refractivity contribution in [2.75, 3.05) is 13.2 Å². The number of fused-ring (bicyclic) bond motifs is 2. The van der Waals surface area contributed by atoms with Gasteiger partial charge >= 0.3 is 6.03 Å². The average Bonchev–Trinajstić information content (AvgIpc) is 3.38. The van der Waals surface area contributed by atoms with Gasteiger partial charge in [0.15, 0.2) is 5.54 Å². The molecule has 2 heterocycles. The van der Waals surface area contributed by atoms with Gasteiger partial charge in [0, 0.05) is 12.1 Å². The van der Waals surface area contributed by atoms with E-state index < -0.39 is 17.5 Å². The second-order valence-corrected chi connectivity index (χ2v) is 9.33. The van der Waals surface area contributed by atoms with Gasteiger partial charge in [0.05, 0.1) is 13.2 Å². The van der Waals surface area contributed by atoms with E-state index in [9.17, 15) is 14.4 Å². The molecular formula is C30H25N3O4. The summed E-state index contributed by atoms with van der Waals surface area (Å²) in [6, 6.07) is 26.8. The molecular weight excluding hydrogens is 466 g/mol. The van der Waals surface area contributed by atoms with Gasteiger partial charge in [-0.1, -0.05) is 72.8 Å². The summed E-state index contributed by atoms with van der Waals surface area (Å²) in [4.78, 5) is 40.4. The molecule has 6 rings (SSSR count). The predicted octanol–water partition coefficient (Wildman–Crippen LogP) is 4.60. The van der Waals surface area contributed by atoms with Gasteiger partial charge in [-0.25, -0.2) is 4.79 Å². The zero-order chi connectivity index (χ0) is 25.6. The number of hydrogen-bond acceptors (Lipinski definition) is 4. The minimum absolute atomic E-state index is 0.00959. The van der Waals surface area contributed by atoms with E-state index in [1.54, 1.807) is 11.0 Å². The van der Waals surface area contributed by atoms with Gasteiger partial charge in [-0.05, 0) is 52.1 Å². The number of urea groups is 1. The monoisotopic (exact) mass is 491 g/mol. The van der Waals surface area contributed by atoms with Gasteiger partial charge in [-0.2, -0.15) is 0 Å². The Balaban J connectivity index is 1.34. The Labute approximate surface area is 214 Å². The lowest BCUT2D eigenvalue weighted by atomic mass is 9.87. The fraction of sp³-hybridized carbons (Fsp3) is 0.167. The highest BCUT2D eigenvalue weighted by Gasteiger charge is 2.50. The van der Waals surface area contributed by atoms with Gasteiger partial charge in [0.25, 0.3) is 11.8 Å². The van der Waals surface area contributed by atoms with Crippen molar-refractivity contribution < 1.29 is 19.1 Å². The van der Waals surface area contributed by atoms with Crippen LogP contribution in [0.3, 0.4) is 0 Å². The predicted molar refractivity (Wildman–Crippen MR) is 140 cm³/mol. The van der Waals surface area contributed by atoms with Crippen LogP contribution in [0.25, 0.3) is 21.9 Å². The second kappa shape index (κ2) is 8.78. The van der Waals surface area contributed by atoms with Crippen molar-refractivity contribution in [2.24, 2.45) is 0 Å². The van der Waals surface area contributed by atoms with E-state index in [1.807, 2.05) is 61.5 Å². The molecule has 0 saturated carbocycles. The maximum absolute atomic E-state index is 13.3. The van der Waals surface area contributed by atoms with E-state index >= 15 is 0 Å². The number of nitrogens with zero attached hydrogens (tertiary/aromatic N) is 1. The highest BCUT2D eigenvalue weighted by atomic mass is 16.5. The number of ether oxygens (including phenoxy) is 1. The fourth-order valence-electron chi connectivity index (χ4n) is 5.32. The molecule has 0 bridgehead atoms. The summed E-state index contributed by atoms with van der Waals surface area (Å²) < 4.78 is 5.55. The Morgan fingerprint density at radius 2 is 1.68 bits per heavy atom. The Kier molecular flexibility index (Phi) is 5.41. The van der Waals surface area contributed by atoms with Crippen molar-refractivity contribution in [1.29, 1.82) is 0 Å². The molecule has 0 unspecified atom stereocenters. The maximum atomic E-state index is 13.3. The van der Waals surface area contributed by atoms with E-state index in [4.69, 9.17) is 4.74 Å². The topological polar surface area (TPSA) is 87.7 Å². The first-order valence-corrected chi connectivity index (χ1v) is 12.3. The molecule has 0 aliphatic carbocycles. The van der Waals surface area contributed by atoms with Gasteiger partial charge < -0.3 is 15.0 Å². The first kappa shape index (κ1) is 22.8. The van der Waals surface area contributed by atoms with E-state index in [-0.39, 0.29) is 12.5 Å². The molecule has 0 aromatic heterocycles. The number of amides is 4. The second-order valence-electron chi connectivity index (χ2n) is 9.33. The maximum Gasteiger partial charge on any atom is 0.322 e. The highest BCUT2D eigenvalue weighted by Crippen LogP contribution is 2.34. The number of imide groups is 1. The third-order valence-corrected chi connectivity index (χ3v) is 7.12. The molecule has 184 valence electrons. The van der Waals surface area contributed by atoms with Crippen LogP contribution < -0.4 is 15.4 Å². The normalized spacial score (nSPS) is 18.6. The summed E-state index contributed by atoms with van der Waals surface area (Å²) in [5.41, 5.74) is 2.70. The van der Waals surface area contributed by atoms with Crippen LogP contribution in [-0.2, 0) is 16.9 Å². The number of hydrogen-bond donors (Lipinski definition) is 2. The Hall–Kier alpha value is -4.65. The van der Waals surface area contributed by atoms with Gasteiger partial charge in [-0.15, -0.1) is 0 Å². The zero-order valence-corrected chi connectivity index (χ0v) is 20.3. The number of nitrogens with one attached hydrogen (secondary N) is 2. The molecule has 1 saturated heterocycles. The Morgan fingerprint density at radius 3 is 2.43 bits per heavy atom. The first-order valence-electron chi connectivity index (χ1n) is 12.3. The summed E-state index contributed by atoms with van der Waals surface area (Å²) in [6.07, 6.45) is 0. The molecule has 0 radical (unpaired) electrons. The summed E-state index contributed by atoms with van der Waals surface area (Å²) in [5, 5.41) is 7.45. The van der Waals surface area contributed by atoms with Gasteiger partial charge in [0.1, 0.15) is 5.75 Å². The summed E-state index contributed by atoms with van der Waals surface area (Å²) in [6.45, 7) is 2.74. The lowest BCUT2D eigenvalue weighted by molar-refractivity contribution is -0.124. The van der Waals surface area contributed by atoms with Crippen molar-refractivity contribution >= 4 is 28.6 Å². The van der Waals surface area contributed by atoms with E-state index in [1.165, 1.54) is 0 Å². The molecule has 0 spiro atoms. The largest absolute Gasteiger partial charge is 0.494 e. The molecule has 37 heavy (non-hydrogen) atoms. The lowest BCUT2D eigenvalue weighted by Gasteiger charge is -2.31. The van der Waals surface area contributed by atoms with E-state index in [0.717, 1.165) is 27.5 Å². The molecule has 2 aliphatic rings. The zero-order valence-electron chi connectivity index (χ0n) is 20.3. The number of carbonyl (C=O) groups is 3. The molecule has 1 atom stereocenters. The summed E-state index contributed by atoms with van der Waals surface area (Å²) >= 11 is 0. The smallest absolute Gasteiger partial charge is 0.322 e. The number of carbonyl (C=O) groups excluding carboxylic acids is 3. The molecule has 4 aromatic carbocycles. The van der Waals surface area contributed by atoms with Crippen LogP contribution in [0.15, 0.2) is 84.9 Å². The third-order valence-electron chi connectivity index (χ3n) is 7.12. The molecule has 4 amide bonds. The van der Waals surface area contributed by atoms with Crippen molar-refractivity contribution in [3.8, 4) is 16.9 Å². The van der Waals surface area contributed by atoms with Crippen LogP contribution in [-0.4, -0.2) is 35.9 Å². The molecule has 7 heteroatoms. The standard InChI is InChI=1S/C30H25N3O4/c1-2-37-23-15-12-21-17-33(27(34)26(21)16-23)18-30(28(35)31-29(36)32-30)22-13-10-20(11-14-22)25-9-5-7-19-6-3-4-8-24(19)25/h3-16H,2,17-18H2,1H3,(H2,31,32,35,36)/t30-/m0/s1. The van der Waals surface area contributed by atoms with Crippen LogP contribution in [0.4, 0.5) is 4.79 Å². The molecule has 7 nitrogen and oxygen atoms in total. The molecule has 1 fully saturated rings. The first-order chi connectivity index (χ1) is 18.0. The third kappa shape index (κ3) is 3.80. The lowest BCUT2D eigenvalue weighted by Crippen LogP contribution is -2.52. The SMILES string of the molecule is CCOc1ccc2c(c1)C(=O)N(C[C@@]1(c3ccc(-c4cccc5ccccc45)cc3)NC(=O)NC1=O)C2. The quantitative estimate of drug-likeness (QED) is 0.386. The van der Waals surface area contributed by atoms with Crippen LogP contribution in [0, 0.1) is 0 Å². The van der Waals surface area contributed by atoms with Crippen molar-refractivity contribution in [3.05, 3.63) is 102 Å². The van der Waals surface area contributed by atoms with E-state index in [0.29, 0.717) is 30.0 Å². The summed E-state index contributed by atoms with van der Waals surface area (Å²) in [7, 11) is 0. The van der Waals surface area contributed by atoms with Crippen LogP contribution in [0.1, 0.15) is 28.4 Å². The summed E-state index contributed by atoms with van der Waals surface area (Å²) in [5.74, 6) is -0.0477. The molecule has 2 aliphatic heterocycles. The molecule has 4 aromatic rings. The Bertz CT molecular complexity index is 1560. The van der Waals surface area contributed by atoms with Crippen LogP contribution >= 0.6 is 0 Å². The van der Waals surface area contributed by atoms with Gasteiger partial charge in [0.2, 0.25) is 0 Å². The van der Waals surface area contributed by atoms with Crippen molar-refractivity contribution in [3.63, 3.8) is 0 Å². The Morgan fingerprint density at radius 1 is 0.892 bits per heavy atom. The minimum atomic E-state index is -1.39. The van der Waals surface area contributed by atoms with Crippen molar-refractivity contribution in [2.45, 2.75) is 19.0 Å². The highest BCUT2D eigenvalue weighted by molar-refractivity contribution is 6.08. The van der Waals surface area contributed by atoms with Crippen LogP contribution in [0.2, 0.25) is 0 Å². The van der Waals surface area contributed by atoms with E-state index in [2.05, 4.69) is 34.9 Å². The van der Waals surface area contributed by atoms with Crippen molar-refractivity contribution in [1.82, 2.24) is 15.5 Å². The average molecular weight is 492 g/mol. The number of rotatable bonds is 6. The number of benzene rings is 4. The minimum Gasteiger partial charge on any atom is -0.494 e. The molecule has 2 N–H and O–H groups in total. The fourth-order valence-corrected chi connectivity index (χ4v) is 5.32.